The maximum Gasteiger partial charge on any atom is 0.234 e. The number of carbonyl (C=O) groups excluding carboxylic acids is 1. The number of halogens is 1. The van der Waals surface area contributed by atoms with Gasteiger partial charge >= 0.3 is 0 Å². The van der Waals surface area contributed by atoms with Gasteiger partial charge in [0.25, 0.3) is 0 Å². The third-order valence-electron chi connectivity index (χ3n) is 1.76. The first-order valence-corrected chi connectivity index (χ1v) is 3.92. The van der Waals surface area contributed by atoms with Crippen LogP contribution in [0.1, 0.15) is 5.56 Å². The van der Waals surface area contributed by atoms with Crippen LogP contribution in [-0.4, -0.2) is 22.5 Å². The first-order chi connectivity index (χ1) is 6.09. The quantitative estimate of drug-likeness (QED) is 0.644. The van der Waals surface area contributed by atoms with E-state index in [1.807, 2.05) is 0 Å². The summed E-state index contributed by atoms with van der Waals surface area (Å²) in [4.78, 5) is 10.6. The van der Waals surface area contributed by atoms with E-state index in [4.69, 9.17) is 16.6 Å². The van der Waals surface area contributed by atoms with Gasteiger partial charge in [0.05, 0.1) is 6.04 Å². The van der Waals surface area contributed by atoms with E-state index in [1.54, 1.807) is 24.3 Å². The van der Waals surface area contributed by atoms with E-state index < -0.39 is 11.9 Å². The number of nitrogens with two attached hydrogens (primary N) is 2. The number of rotatable bonds is 3. The molecule has 0 heterocycles. The highest BCUT2D eigenvalue weighted by Gasteiger charge is 2.09. The zero-order valence-electron chi connectivity index (χ0n) is 8.01. The average molecular weight is 235 g/mol. The molecule has 0 spiro atoms. The molecule has 0 saturated heterocycles. The Hall–Kier alpha value is -1.30. The van der Waals surface area contributed by atoms with Crippen LogP contribution in [0.3, 0.4) is 0 Å². The van der Waals surface area contributed by atoms with Crippen molar-refractivity contribution in [3.63, 3.8) is 0 Å². The lowest BCUT2D eigenvalue weighted by Crippen LogP contribution is -2.38. The lowest BCUT2D eigenvalue weighted by Gasteiger charge is -2.06. The molecular weight excluding hydrogens is 220 g/mol. The molecule has 0 unspecified atom stereocenters. The van der Waals surface area contributed by atoms with Gasteiger partial charge in [-0.25, -0.2) is 0 Å². The summed E-state index contributed by atoms with van der Waals surface area (Å²) in [6.07, 6.45) is 0.398. The molecule has 1 amide bonds. The fourth-order valence-corrected chi connectivity index (χ4v) is 0.987. The minimum Gasteiger partial charge on any atom is -0.508 e. The smallest absolute Gasteiger partial charge is 0.234 e. The molecule has 1 aromatic rings. The van der Waals surface area contributed by atoms with Crippen molar-refractivity contribution in [2.45, 2.75) is 12.5 Å². The van der Waals surface area contributed by atoms with E-state index in [0.29, 0.717) is 6.42 Å². The molecule has 1 rings (SSSR count). The Morgan fingerprint density at radius 3 is 2.20 bits per heavy atom. The summed E-state index contributed by atoms with van der Waals surface area (Å²) >= 11 is 0. The summed E-state index contributed by atoms with van der Waals surface area (Å²) in [5.74, 6) is -0.329. The number of amides is 1. The van der Waals surface area contributed by atoms with Crippen molar-refractivity contribution in [1.29, 1.82) is 0 Å². The fraction of sp³-hybridized carbons (Fsp3) is 0.222. The zero-order chi connectivity index (χ0) is 9.84. The molecule has 5 nitrogen and oxygen atoms in total. The van der Waals surface area contributed by atoms with Crippen molar-refractivity contribution < 1.29 is 15.4 Å². The molecule has 0 aliphatic rings. The van der Waals surface area contributed by atoms with Crippen molar-refractivity contribution in [1.82, 2.24) is 0 Å². The van der Waals surface area contributed by atoms with Gasteiger partial charge in [-0.1, -0.05) is 12.1 Å². The van der Waals surface area contributed by atoms with Gasteiger partial charge in [-0.2, -0.15) is 0 Å². The van der Waals surface area contributed by atoms with Gasteiger partial charge < -0.3 is 22.1 Å². The van der Waals surface area contributed by atoms with Gasteiger partial charge in [0.1, 0.15) is 5.75 Å². The highest BCUT2D eigenvalue weighted by molar-refractivity contribution is 5.85. The lowest BCUT2D eigenvalue weighted by molar-refractivity contribution is -0.119. The maximum atomic E-state index is 10.6. The van der Waals surface area contributed by atoms with Gasteiger partial charge in [-0.05, 0) is 24.1 Å². The number of phenols is 1. The standard InChI is InChI=1S/C9H12N2O2.ClH.H2O/c10-8(9(11)13)5-6-1-3-7(12)4-2-6;;/h1-4,8,12H,5,10H2,(H2,11,13);1H;1H2/t8-;;/m0../s1. The zero-order valence-corrected chi connectivity index (χ0v) is 8.83. The predicted octanol–water partition coefficient (Wildman–Crippen LogP) is -0.656. The number of aromatic hydroxyl groups is 1. The monoisotopic (exact) mass is 234 g/mol. The summed E-state index contributed by atoms with van der Waals surface area (Å²) in [6, 6.07) is 5.84. The van der Waals surface area contributed by atoms with E-state index in [9.17, 15) is 4.79 Å². The van der Waals surface area contributed by atoms with Crippen LogP contribution >= 0.6 is 12.4 Å². The third-order valence-corrected chi connectivity index (χ3v) is 1.76. The summed E-state index contributed by atoms with van der Waals surface area (Å²) in [7, 11) is 0. The Bertz CT molecular complexity index is 303. The van der Waals surface area contributed by atoms with Crippen molar-refractivity contribution in [2.75, 3.05) is 0 Å². The number of hydrogen-bond acceptors (Lipinski definition) is 3. The summed E-state index contributed by atoms with van der Waals surface area (Å²) in [5.41, 5.74) is 11.3. The third kappa shape index (κ3) is 5.21. The van der Waals surface area contributed by atoms with Gasteiger partial charge in [0.2, 0.25) is 5.91 Å². The Balaban J connectivity index is 0. The van der Waals surface area contributed by atoms with Crippen molar-refractivity contribution >= 4 is 18.3 Å². The highest BCUT2D eigenvalue weighted by Crippen LogP contribution is 2.10. The largest absolute Gasteiger partial charge is 0.508 e. The first-order valence-electron chi connectivity index (χ1n) is 3.92. The Morgan fingerprint density at radius 1 is 1.33 bits per heavy atom. The Labute approximate surface area is 93.8 Å². The van der Waals surface area contributed by atoms with E-state index in [0.717, 1.165) is 5.56 Å². The van der Waals surface area contributed by atoms with Gasteiger partial charge in [-0.15, -0.1) is 12.4 Å². The second-order valence-corrected chi connectivity index (χ2v) is 2.88. The summed E-state index contributed by atoms with van der Waals surface area (Å²) < 4.78 is 0. The van der Waals surface area contributed by atoms with Crippen LogP contribution in [-0.2, 0) is 11.2 Å². The van der Waals surface area contributed by atoms with Crippen LogP contribution in [0.15, 0.2) is 24.3 Å². The van der Waals surface area contributed by atoms with Crippen molar-refractivity contribution in [3.8, 4) is 5.75 Å². The fourth-order valence-electron chi connectivity index (χ4n) is 0.987. The van der Waals surface area contributed by atoms with Crippen LogP contribution in [0.5, 0.6) is 5.75 Å². The van der Waals surface area contributed by atoms with Crippen LogP contribution in [0.2, 0.25) is 0 Å². The normalized spacial score (nSPS) is 10.7. The van der Waals surface area contributed by atoms with E-state index in [2.05, 4.69) is 0 Å². The number of primary amides is 1. The second kappa shape index (κ2) is 7.05. The molecule has 0 aromatic heterocycles. The minimum absolute atomic E-state index is 0. The van der Waals surface area contributed by atoms with Crippen LogP contribution in [0.25, 0.3) is 0 Å². The molecule has 6 heteroatoms. The van der Waals surface area contributed by atoms with Gasteiger partial charge in [0.15, 0.2) is 0 Å². The Kier molecular flexibility index (Phi) is 7.59. The highest BCUT2D eigenvalue weighted by atomic mass is 35.5. The molecule has 0 saturated carbocycles. The number of phenolic OH excluding ortho intramolecular Hbond substituents is 1. The molecule has 15 heavy (non-hydrogen) atoms. The van der Waals surface area contributed by atoms with E-state index in [1.165, 1.54) is 0 Å². The molecule has 86 valence electrons. The second-order valence-electron chi connectivity index (χ2n) is 2.88. The molecule has 1 atom stereocenters. The summed E-state index contributed by atoms with van der Waals surface area (Å²) in [6.45, 7) is 0. The number of benzene rings is 1. The summed E-state index contributed by atoms with van der Waals surface area (Å²) in [5, 5.41) is 8.98. The molecule has 0 aliphatic heterocycles. The minimum atomic E-state index is -0.662. The van der Waals surface area contributed by atoms with Gasteiger partial charge in [-0.3, -0.25) is 4.79 Å². The number of carbonyl (C=O) groups is 1. The number of hydrogen-bond donors (Lipinski definition) is 3. The van der Waals surface area contributed by atoms with Crippen molar-refractivity contribution in [2.24, 2.45) is 11.5 Å². The SMILES string of the molecule is Cl.NC(=O)[C@@H](N)Cc1ccc(O)cc1.O. The molecule has 0 bridgehead atoms. The molecular formula is C9H15ClN2O3. The molecule has 0 aliphatic carbocycles. The topological polar surface area (TPSA) is 121 Å². The van der Waals surface area contributed by atoms with Gasteiger partial charge in [0, 0.05) is 0 Å². The molecule has 1 aromatic carbocycles. The van der Waals surface area contributed by atoms with Crippen LogP contribution in [0.4, 0.5) is 0 Å². The van der Waals surface area contributed by atoms with Crippen LogP contribution in [0, 0.1) is 0 Å². The van der Waals surface area contributed by atoms with Crippen molar-refractivity contribution in [3.05, 3.63) is 29.8 Å². The Morgan fingerprint density at radius 2 is 1.80 bits per heavy atom. The maximum absolute atomic E-state index is 10.6. The van der Waals surface area contributed by atoms with E-state index >= 15 is 0 Å². The van der Waals surface area contributed by atoms with E-state index in [-0.39, 0.29) is 23.6 Å². The van der Waals surface area contributed by atoms with Crippen LogP contribution < -0.4 is 11.5 Å². The molecule has 7 N–H and O–H groups in total. The first kappa shape index (κ1) is 16.1. The molecule has 0 fully saturated rings. The lowest BCUT2D eigenvalue weighted by atomic mass is 10.1. The predicted molar refractivity (Wildman–Crippen MR) is 59.8 cm³/mol. The molecule has 0 radical (unpaired) electrons. The average Bonchev–Trinajstić information content (AvgIpc) is 2.08.